The number of ether oxygens (including phenoxy) is 3. The summed E-state index contributed by atoms with van der Waals surface area (Å²) in [5, 5.41) is 13.0. The second kappa shape index (κ2) is 13.5. The summed E-state index contributed by atoms with van der Waals surface area (Å²) < 4.78 is 16.3. The van der Waals surface area contributed by atoms with Crippen LogP contribution in [0.5, 0.6) is 0 Å². The van der Waals surface area contributed by atoms with E-state index in [4.69, 9.17) is 14.2 Å². The van der Waals surface area contributed by atoms with Gasteiger partial charge in [0.2, 0.25) is 0 Å². The van der Waals surface area contributed by atoms with Gasteiger partial charge in [0.1, 0.15) is 0 Å². The Morgan fingerprint density at radius 2 is 2.00 bits per heavy atom. The van der Waals surface area contributed by atoms with E-state index in [1.165, 1.54) is 32.1 Å². The van der Waals surface area contributed by atoms with Gasteiger partial charge in [-0.3, -0.25) is 0 Å². The first-order valence-electron chi connectivity index (χ1n) is 8.48. The Morgan fingerprint density at radius 3 is 2.76 bits per heavy atom. The fourth-order valence-electron chi connectivity index (χ4n) is 2.33. The summed E-state index contributed by atoms with van der Waals surface area (Å²) >= 11 is 0. The molecule has 126 valence electrons. The van der Waals surface area contributed by atoms with Crippen LogP contribution in [-0.4, -0.2) is 63.4 Å². The maximum atomic E-state index is 9.79. The molecular weight excluding hydrogens is 270 g/mol. The molecule has 1 aliphatic heterocycles. The minimum Gasteiger partial charge on any atom is -0.389 e. The molecule has 0 bridgehead atoms. The van der Waals surface area contributed by atoms with E-state index in [0.717, 1.165) is 13.0 Å². The van der Waals surface area contributed by atoms with E-state index in [9.17, 15) is 5.11 Å². The monoisotopic (exact) mass is 303 g/mol. The zero-order valence-corrected chi connectivity index (χ0v) is 13.5. The average molecular weight is 303 g/mol. The van der Waals surface area contributed by atoms with Crippen molar-refractivity contribution in [3.8, 4) is 0 Å². The van der Waals surface area contributed by atoms with E-state index in [1.54, 1.807) is 0 Å². The predicted molar refractivity (Wildman–Crippen MR) is 83.6 cm³/mol. The molecule has 0 aromatic heterocycles. The molecule has 1 heterocycles. The quantitative estimate of drug-likeness (QED) is 0.507. The number of hydrogen-bond acceptors (Lipinski definition) is 5. The van der Waals surface area contributed by atoms with Crippen molar-refractivity contribution in [2.45, 2.75) is 57.7 Å². The van der Waals surface area contributed by atoms with Gasteiger partial charge < -0.3 is 24.6 Å². The minimum absolute atomic E-state index is 0.106. The van der Waals surface area contributed by atoms with E-state index in [2.05, 4.69) is 12.2 Å². The van der Waals surface area contributed by atoms with Gasteiger partial charge in [0, 0.05) is 19.7 Å². The highest BCUT2D eigenvalue weighted by molar-refractivity contribution is 4.66. The highest BCUT2D eigenvalue weighted by atomic mass is 16.6. The standard InChI is InChI=1S/C16H33NO4/c1-2-3-4-5-6-7-8-19-13-15(18)11-17-12-16-14-20-9-10-21-16/h15-18H,2-14H2,1H3. The van der Waals surface area contributed by atoms with Crippen molar-refractivity contribution in [3.63, 3.8) is 0 Å². The van der Waals surface area contributed by atoms with Crippen LogP contribution in [0.1, 0.15) is 45.4 Å². The van der Waals surface area contributed by atoms with Gasteiger partial charge in [0.05, 0.1) is 38.6 Å². The smallest absolute Gasteiger partial charge is 0.0933 e. The highest BCUT2D eigenvalue weighted by Crippen LogP contribution is 2.05. The maximum absolute atomic E-state index is 9.79. The third-order valence-electron chi connectivity index (χ3n) is 3.59. The fourth-order valence-corrected chi connectivity index (χ4v) is 2.33. The zero-order valence-electron chi connectivity index (χ0n) is 13.5. The first kappa shape index (κ1) is 18.8. The molecule has 2 N–H and O–H groups in total. The molecule has 0 spiro atoms. The van der Waals surface area contributed by atoms with Crippen LogP contribution in [-0.2, 0) is 14.2 Å². The van der Waals surface area contributed by atoms with Gasteiger partial charge in [-0.25, -0.2) is 0 Å². The summed E-state index contributed by atoms with van der Waals surface area (Å²) in [6.45, 7) is 6.63. The molecule has 0 saturated carbocycles. The van der Waals surface area contributed by atoms with Crippen LogP contribution in [0.2, 0.25) is 0 Å². The average Bonchev–Trinajstić information content (AvgIpc) is 2.51. The summed E-state index contributed by atoms with van der Waals surface area (Å²) in [5.74, 6) is 0. The van der Waals surface area contributed by atoms with E-state index in [0.29, 0.717) is 39.5 Å². The van der Waals surface area contributed by atoms with Crippen LogP contribution in [0.4, 0.5) is 0 Å². The molecular formula is C16H33NO4. The SMILES string of the molecule is CCCCCCCCOCC(O)CNCC1COCCO1. The van der Waals surface area contributed by atoms with Crippen molar-refractivity contribution in [1.29, 1.82) is 0 Å². The molecule has 2 atom stereocenters. The third-order valence-corrected chi connectivity index (χ3v) is 3.59. The second-order valence-electron chi connectivity index (χ2n) is 5.72. The Morgan fingerprint density at radius 1 is 1.19 bits per heavy atom. The van der Waals surface area contributed by atoms with Gasteiger partial charge in [-0.05, 0) is 6.42 Å². The molecule has 0 aromatic rings. The molecule has 1 saturated heterocycles. The number of unbranched alkanes of at least 4 members (excludes halogenated alkanes) is 5. The molecule has 0 radical (unpaired) electrons. The molecule has 21 heavy (non-hydrogen) atoms. The van der Waals surface area contributed by atoms with Crippen LogP contribution in [0.15, 0.2) is 0 Å². The highest BCUT2D eigenvalue weighted by Gasteiger charge is 2.14. The number of nitrogens with one attached hydrogen (secondary N) is 1. The van der Waals surface area contributed by atoms with Crippen LogP contribution >= 0.6 is 0 Å². The van der Waals surface area contributed by atoms with Gasteiger partial charge in [-0.1, -0.05) is 39.0 Å². The Labute approximate surface area is 129 Å². The predicted octanol–water partition coefficient (Wildman–Crippen LogP) is 1.73. The first-order valence-corrected chi connectivity index (χ1v) is 8.48. The van der Waals surface area contributed by atoms with Crippen LogP contribution in [0, 0.1) is 0 Å². The molecule has 5 nitrogen and oxygen atoms in total. The lowest BCUT2D eigenvalue weighted by molar-refractivity contribution is -0.0871. The molecule has 2 unspecified atom stereocenters. The fraction of sp³-hybridized carbons (Fsp3) is 1.00. The number of hydrogen-bond donors (Lipinski definition) is 2. The molecule has 0 amide bonds. The molecule has 1 rings (SSSR count). The Kier molecular flexibility index (Phi) is 12.1. The van der Waals surface area contributed by atoms with Crippen LogP contribution in [0.25, 0.3) is 0 Å². The molecule has 1 fully saturated rings. The molecule has 0 aliphatic carbocycles. The van der Waals surface area contributed by atoms with E-state index in [-0.39, 0.29) is 6.10 Å². The largest absolute Gasteiger partial charge is 0.389 e. The van der Waals surface area contributed by atoms with Gasteiger partial charge in [-0.2, -0.15) is 0 Å². The summed E-state index contributed by atoms with van der Waals surface area (Å²) in [6.07, 6.45) is 7.23. The lowest BCUT2D eigenvalue weighted by Gasteiger charge is -2.23. The lowest BCUT2D eigenvalue weighted by Crippen LogP contribution is -2.40. The maximum Gasteiger partial charge on any atom is 0.0933 e. The summed E-state index contributed by atoms with van der Waals surface area (Å²) in [7, 11) is 0. The van der Waals surface area contributed by atoms with Gasteiger partial charge in [0.25, 0.3) is 0 Å². The summed E-state index contributed by atoms with van der Waals surface area (Å²) in [6, 6.07) is 0. The van der Waals surface area contributed by atoms with Crippen molar-refractivity contribution in [2.24, 2.45) is 0 Å². The Hall–Kier alpha value is -0.200. The van der Waals surface area contributed by atoms with Crippen molar-refractivity contribution in [1.82, 2.24) is 5.32 Å². The number of aliphatic hydroxyl groups excluding tert-OH is 1. The van der Waals surface area contributed by atoms with Crippen molar-refractivity contribution < 1.29 is 19.3 Å². The van der Waals surface area contributed by atoms with Gasteiger partial charge in [0.15, 0.2) is 0 Å². The first-order chi connectivity index (χ1) is 10.3. The van der Waals surface area contributed by atoms with Gasteiger partial charge in [-0.15, -0.1) is 0 Å². The van der Waals surface area contributed by atoms with E-state index >= 15 is 0 Å². The second-order valence-corrected chi connectivity index (χ2v) is 5.72. The zero-order chi connectivity index (χ0) is 15.2. The van der Waals surface area contributed by atoms with Crippen molar-refractivity contribution >= 4 is 0 Å². The van der Waals surface area contributed by atoms with E-state index in [1.807, 2.05) is 0 Å². The number of aliphatic hydroxyl groups is 1. The van der Waals surface area contributed by atoms with Gasteiger partial charge >= 0.3 is 0 Å². The molecule has 1 aliphatic rings. The molecule has 5 heteroatoms. The van der Waals surface area contributed by atoms with Crippen molar-refractivity contribution in [2.75, 3.05) is 46.1 Å². The molecule has 0 aromatic carbocycles. The normalized spacial score (nSPS) is 20.6. The van der Waals surface area contributed by atoms with E-state index < -0.39 is 6.10 Å². The Balaban J connectivity index is 1.81. The van der Waals surface area contributed by atoms with Crippen LogP contribution < -0.4 is 5.32 Å². The lowest BCUT2D eigenvalue weighted by atomic mass is 10.1. The Bertz CT molecular complexity index is 222. The summed E-state index contributed by atoms with van der Waals surface area (Å²) in [4.78, 5) is 0. The number of rotatable bonds is 13. The topological polar surface area (TPSA) is 60.0 Å². The van der Waals surface area contributed by atoms with Crippen molar-refractivity contribution in [3.05, 3.63) is 0 Å². The van der Waals surface area contributed by atoms with Crippen LogP contribution in [0.3, 0.4) is 0 Å². The third kappa shape index (κ3) is 11.1. The summed E-state index contributed by atoms with van der Waals surface area (Å²) in [5.41, 5.74) is 0. The minimum atomic E-state index is -0.449.